The topological polar surface area (TPSA) is 24.1 Å². The largest absolute Gasteiger partial charge is 0.316 e. The van der Waals surface area contributed by atoms with Gasteiger partial charge in [0.25, 0.3) is 0 Å². The fourth-order valence-electron chi connectivity index (χ4n) is 1.51. The average Bonchev–Trinajstić information content (AvgIpc) is 2.63. The lowest BCUT2D eigenvalue weighted by molar-refractivity contribution is 0.511. The van der Waals surface area contributed by atoms with Crippen LogP contribution in [-0.2, 0) is 0 Å². The molecule has 0 spiro atoms. The molecule has 1 atom stereocenters. The Morgan fingerprint density at radius 1 is 1.17 bits per heavy atom. The Morgan fingerprint density at radius 2 is 1.92 bits per heavy atom. The third kappa shape index (κ3) is 3.94. The van der Waals surface area contributed by atoms with Crippen LogP contribution in [0, 0.1) is 5.92 Å². The van der Waals surface area contributed by atoms with E-state index in [2.05, 4.69) is 10.6 Å². The quantitative estimate of drug-likeness (QED) is 0.735. The highest BCUT2D eigenvalue weighted by Crippen LogP contribution is 2.19. The highest BCUT2D eigenvalue weighted by molar-refractivity contribution is 5.85. The van der Waals surface area contributed by atoms with Crippen LogP contribution in [0.25, 0.3) is 0 Å². The maximum Gasteiger partial charge on any atom is 0.00683 e. The molecule has 0 bridgehead atoms. The predicted octanol–water partition coefficient (Wildman–Crippen LogP) is 1.19. The van der Waals surface area contributed by atoms with Crippen molar-refractivity contribution in [3.05, 3.63) is 0 Å². The monoisotopic (exact) mass is 212 g/mol. The van der Waals surface area contributed by atoms with E-state index in [9.17, 15) is 0 Å². The van der Waals surface area contributed by atoms with E-state index in [0.717, 1.165) is 12.0 Å². The highest BCUT2D eigenvalue weighted by Gasteiger charge is 2.22. The Hall–Kier alpha value is 0.500. The second-order valence-electron chi connectivity index (χ2n) is 3.54. The third-order valence-electron chi connectivity index (χ3n) is 2.43. The number of hydrogen-bond donors (Lipinski definition) is 2. The van der Waals surface area contributed by atoms with Crippen LogP contribution in [0.4, 0.5) is 0 Å². The summed E-state index contributed by atoms with van der Waals surface area (Å²) in [7, 11) is 0. The van der Waals surface area contributed by atoms with Crippen LogP contribution in [0.3, 0.4) is 0 Å². The Bertz CT molecular complexity index is 112. The molecule has 0 aromatic heterocycles. The Labute approximate surface area is 86.7 Å². The van der Waals surface area contributed by atoms with E-state index in [0.29, 0.717) is 0 Å². The second kappa shape index (κ2) is 6.03. The summed E-state index contributed by atoms with van der Waals surface area (Å²) in [4.78, 5) is 0. The molecular formula is C8H18Cl2N2. The fraction of sp³-hybridized carbons (Fsp3) is 1.00. The van der Waals surface area contributed by atoms with Gasteiger partial charge in [-0.25, -0.2) is 0 Å². The van der Waals surface area contributed by atoms with E-state index >= 15 is 0 Å². The van der Waals surface area contributed by atoms with E-state index in [1.807, 2.05) is 0 Å². The molecule has 2 fully saturated rings. The normalized spacial score (nSPS) is 27.5. The van der Waals surface area contributed by atoms with Crippen molar-refractivity contribution in [1.82, 2.24) is 10.6 Å². The van der Waals surface area contributed by atoms with Crippen LogP contribution in [0.1, 0.15) is 19.3 Å². The molecule has 2 aliphatic rings. The molecule has 1 saturated heterocycles. The lowest BCUT2D eigenvalue weighted by Gasteiger charge is -2.07. The maximum atomic E-state index is 3.56. The van der Waals surface area contributed by atoms with E-state index in [-0.39, 0.29) is 24.8 Å². The Kier molecular flexibility index (Phi) is 6.28. The summed E-state index contributed by atoms with van der Waals surface area (Å²) < 4.78 is 0. The van der Waals surface area contributed by atoms with Gasteiger partial charge in [0.15, 0.2) is 0 Å². The number of nitrogens with one attached hydrogen (secondary N) is 2. The van der Waals surface area contributed by atoms with E-state index in [1.165, 1.54) is 38.9 Å². The summed E-state index contributed by atoms with van der Waals surface area (Å²) in [5.41, 5.74) is 0. The summed E-state index contributed by atoms with van der Waals surface area (Å²) in [6.45, 7) is 3.72. The van der Waals surface area contributed by atoms with Gasteiger partial charge in [-0.3, -0.25) is 0 Å². The molecule has 2 N–H and O–H groups in total. The molecule has 4 heteroatoms. The summed E-state index contributed by atoms with van der Waals surface area (Å²) in [5.74, 6) is 0.917. The lowest BCUT2D eigenvalue weighted by atomic mass is 10.1. The van der Waals surface area contributed by atoms with Gasteiger partial charge >= 0.3 is 0 Å². The first kappa shape index (κ1) is 12.5. The van der Waals surface area contributed by atoms with Gasteiger partial charge in [-0.1, -0.05) is 0 Å². The predicted molar refractivity (Wildman–Crippen MR) is 56.5 cm³/mol. The lowest BCUT2D eigenvalue weighted by Crippen LogP contribution is -2.25. The first-order valence-corrected chi connectivity index (χ1v) is 4.39. The third-order valence-corrected chi connectivity index (χ3v) is 2.43. The minimum Gasteiger partial charge on any atom is -0.316 e. The minimum absolute atomic E-state index is 0. The molecule has 2 rings (SSSR count). The number of rotatable bonds is 3. The van der Waals surface area contributed by atoms with Crippen LogP contribution in [-0.4, -0.2) is 25.7 Å². The molecule has 1 saturated carbocycles. The summed E-state index contributed by atoms with van der Waals surface area (Å²) in [6, 6.07) is 0.889. The zero-order valence-electron chi connectivity index (χ0n) is 7.21. The van der Waals surface area contributed by atoms with Crippen molar-refractivity contribution in [3.8, 4) is 0 Å². The van der Waals surface area contributed by atoms with Gasteiger partial charge in [0, 0.05) is 6.04 Å². The smallest absolute Gasteiger partial charge is 0.00683 e. The molecule has 2 nitrogen and oxygen atoms in total. The summed E-state index contributed by atoms with van der Waals surface area (Å²) >= 11 is 0. The van der Waals surface area contributed by atoms with E-state index < -0.39 is 0 Å². The van der Waals surface area contributed by atoms with Gasteiger partial charge in [-0.15, -0.1) is 24.8 Å². The highest BCUT2D eigenvalue weighted by atomic mass is 35.5. The van der Waals surface area contributed by atoms with Crippen molar-refractivity contribution in [2.75, 3.05) is 19.6 Å². The van der Waals surface area contributed by atoms with E-state index in [4.69, 9.17) is 0 Å². The minimum atomic E-state index is 0. The Morgan fingerprint density at radius 3 is 2.42 bits per heavy atom. The van der Waals surface area contributed by atoms with Gasteiger partial charge in [0.1, 0.15) is 0 Å². The first-order chi connectivity index (χ1) is 4.95. The van der Waals surface area contributed by atoms with Crippen molar-refractivity contribution < 1.29 is 0 Å². The van der Waals surface area contributed by atoms with Gasteiger partial charge in [0.2, 0.25) is 0 Å². The summed E-state index contributed by atoms with van der Waals surface area (Å²) in [6.07, 6.45) is 4.21. The van der Waals surface area contributed by atoms with Crippen molar-refractivity contribution in [2.24, 2.45) is 5.92 Å². The SMILES string of the molecule is C1CC(CNC2CC2)CN1.Cl.Cl. The molecule has 74 valence electrons. The van der Waals surface area contributed by atoms with Crippen molar-refractivity contribution >= 4 is 24.8 Å². The first-order valence-electron chi connectivity index (χ1n) is 4.39. The molecule has 0 radical (unpaired) electrons. The van der Waals surface area contributed by atoms with Crippen molar-refractivity contribution in [3.63, 3.8) is 0 Å². The van der Waals surface area contributed by atoms with Gasteiger partial charge in [0.05, 0.1) is 0 Å². The molecule has 1 aliphatic heterocycles. The maximum absolute atomic E-state index is 3.56. The van der Waals surface area contributed by atoms with Crippen LogP contribution in [0.15, 0.2) is 0 Å². The van der Waals surface area contributed by atoms with Gasteiger partial charge in [-0.05, 0) is 44.8 Å². The summed E-state index contributed by atoms with van der Waals surface area (Å²) in [5, 5.41) is 6.93. The van der Waals surface area contributed by atoms with Crippen molar-refractivity contribution in [2.45, 2.75) is 25.3 Å². The molecule has 0 aromatic carbocycles. The van der Waals surface area contributed by atoms with E-state index in [1.54, 1.807) is 0 Å². The molecule has 1 heterocycles. The molecule has 1 aliphatic carbocycles. The number of halogens is 2. The zero-order valence-corrected chi connectivity index (χ0v) is 8.85. The molecule has 0 aromatic rings. The molecule has 0 amide bonds. The average molecular weight is 213 g/mol. The van der Waals surface area contributed by atoms with Gasteiger partial charge in [-0.2, -0.15) is 0 Å². The Balaban J connectivity index is 0.000000605. The molecule has 12 heavy (non-hydrogen) atoms. The van der Waals surface area contributed by atoms with Crippen molar-refractivity contribution in [1.29, 1.82) is 0 Å². The van der Waals surface area contributed by atoms with Gasteiger partial charge < -0.3 is 10.6 Å². The fourth-order valence-corrected chi connectivity index (χ4v) is 1.51. The van der Waals surface area contributed by atoms with Crippen LogP contribution in [0.2, 0.25) is 0 Å². The molecular weight excluding hydrogens is 195 g/mol. The van der Waals surface area contributed by atoms with Crippen LogP contribution in [0.5, 0.6) is 0 Å². The van der Waals surface area contributed by atoms with Crippen LogP contribution < -0.4 is 10.6 Å². The zero-order chi connectivity index (χ0) is 6.81. The van der Waals surface area contributed by atoms with Crippen LogP contribution >= 0.6 is 24.8 Å². The second-order valence-corrected chi connectivity index (χ2v) is 3.54. The standard InChI is InChI=1S/C8H16N2.2ClH/c1-2-8(1)10-6-7-3-4-9-5-7;;/h7-10H,1-6H2;2*1H. The number of hydrogen-bond acceptors (Lipinski definition) is 2. The molecule has 1 unspecified atom stereocenters.